The van der Waals surface area contributed by atoms with Gasteiger partial charge in [-0.25, -0.2) is 4.79 Å². The number of benzene rings is 1. The number of ether oxygens (including phenoxy) is 1. The molecular formula is C36H50BN3O6. The molecule has 7 atom stereocenters. The zero-order valence-electron chi connectivity index (χ0n) is 27.7. The van der Waals surface area contributed by atoms with Crippen molar-refractivity contribution in [1.29, 1.82) is 0 Å². The smallest absolute Gasteiger partial charge is 0.444 e. The Labute approximate surface area is 273 Å². The van der Waals surface area contributed by atoms with Gasteiger partial charge in [0.05, 0.1) is 24.2 Å². The highest BCUT2D eigenvalue weighted by atomic mass is 16.7. The highest BCUT2D eigenvalue weighted by Crippen LogP contribution is 2.65. The highest BCUT2D eigenvalue weighted by Gasteiger charge is 2.68. The van der Waals surface area contributed by atoms with Crippen LogP contribution < -0.4 is 5.32 Å². The topological polar surface area (TPSA) is 97.4 Å². The molecule has 8 rings (SSSR count). The molecule has 9 nitrogen and oxygen atoms in total. The van der Waals surface area contributed by atoms with Gasteiger partial charge in [-0.1, -0.05) is 69.5 Å². The van der Waals surface area contributed by atoms with E-state index in [1.807, 2.05) is 24.3 Å². The van der Waals surface area contributed by atoms with Crippen LogP contribution in [0.4, 0.5) is 4.79 Å². The average Bonchev–Trinajstić information content (AvgIpc) is 3.75. The fourth-order valence-electron chi connectivity index (χ4n) is 9.28. The summed E-state index contributed by atoms with van der Waals surface area (Å²) in [6, 6.07) is 7.29. The van der Waals surface area contributed by atoms with Crippen LogP contribution in [-0.2, 0) is 36.7 Å². The number of amides is 3. The second-order valence-corrected chi connectivity index (χ2v) is 15.4. The zero-order chi connectivity index (χ0) is 32.1. The SMILES string of the molecule is CC1(C)[C@@H]2CC3OB([C@@H]4CCCCCC/C=C/CCC(=O)N5C[C@H](OC(=O)N6Cc7ccccc7C6)C[C@H]5C(=O)N4)O[C@]3(C)[C@H]1C2. The molecule has 1 unspecified atom stereocenters. The summed E-state index contributed by atoms with van der Waals surface area (Å²) in [7, 11) is -0.521. The summed E-state index contributed by atoms with van der Waals surface area (Å²) in [5, 5.41) is 3.30. The molecule has 2 bridgehead atoms. The van der Waals surface area contributed by atoms with Crippen molar-refractivity contribution in [3.63, 3.8) is 0 Å². The predicted octanol–water partition coefficient (Wildman–Crippen LogP) is 5.55. The van der Waals surface area contributed by atoms with E-state index in [4.69, 9.17) is 14.0 Å². The Balaban J connectivity index is 1.06. The lowest BCUT2D eigenvalue weighted by atomic mass is 9.43. The van der Waals surface area contributed by atoms with Crippen LogP contribution in [-0.4, -0.2) is 71.2 Å². The van der Waals surface area contributed by atoms with E-state index in [0.29, 0.717) is 37.8 Å². The molecule has 2 saturated heterocycles. The van der Waals surface area contributed by atoms with Gasteiger partial charge in [0.1, 0.15) is 12.1 Å². The largest absolute Gasteiger partial charge is 0.481 e. The Morgan fingerprint density at radius 2 is 1.72 bits per heavy atom. The molecule has 3 aliphatic carbocycles. The summed E-state index contributed by atoms with van der Waals surface area (Å²) >= 11 is 0. The van der Waals surface area contributed by atoms with Crippen molar-refractivity contribution in [3.05, 3.63) is 47.5 Å². The molecule has 4 aliphatic heterocycles. The maximum atomic E-state index is 14.1. The minimum atomic E-state index is -0.716. The summed E-state index contributed by atoms with van der Waals surface area (Å²) in [5.74, 6) is 0.459. The zero-order valence-corrected chi connectivity index (χ0v) is 27.7. The van der Waals surface area contributed by atoms with Gasteiger partial charge in [-0.15, -0.1) is 0 Å². The standard InChI is InChI=1S/C36H50BN3O6/c1-35(2)26-18-29(35)36(3)30(19-26)45-37(46-36)31-16-10-8-6-4-5-7-9-11-17-32(41)40-23-27(20-28(40)33(42)38-31)44-34(43)39-21-24-14-12-13-15-25(24)22-39/h7,9,12-15,26-31H,4-6,8,10-11,16-23H2,1-3H3,(H,38,42)/b9-7+/t26-,27+,28-,29-,30?,31-,36+/m0/s1. The van der Waals surface area contributed by atoms with Crippen LogP contribution in [0.2, 0.25) is 0 Å². The van der Waals surface area contributed by atoms with E-state index in [1.54, 1.807) is 9.80 Å². The molecule has 46 heavy (non-hydrogen) atoms. The van der Waals surface area contributed by atoms with Crippen LogP contribution >= 0.6 is 0 Å². The predicted molar refractivity (Wildman–Crippen MR) is 174 cm³/mol. The normalized spacial score (nSPS) is 36.7. The number of allylic oxidation sites excluding steroid dienone is 2. The third-order valence-electron chi connectivity index (χ3n) is 12.2. The number of fused-ring (bicyclic) bond motifs is 2. The van der Waals surface area contributed by atoms with Crippen LogP contribution in [0.3, 0.4) is 0 Å². The number of nitrogens with one attached hydrogen (secondary N) is 1. The van der Waals surface area contributed by atoms with Gasteiger partial charge in [-0.2, -0.15) is 0 Å². The molecule has 1 aromatic carbocycles. The van der Waals surface area contributed by atoms with Crippen molar-refractivity contribution in [3.8, 4) is 0 Å². The maximum absolute atomic E-state index is 14.1. The molecule has 248 valence electrons. The molecule has 10 heteroatoms. The summed E-state index contributed by atoms with van der Waals surface area (Å²) in [4.78, 5) is 44.2. The van der Waals surface area contributed by atoms with Crippen molar-refractivity contribution in [2.45, 2.75) is 134 Å². The summed E-state index contributed by atoms with van der Waals surface area (Å²) in [5.41, 5.74) is 2.11. The molecule has 5 fully saturated rings. The molecule has 0 spiro atoms. The number of rotatable bonds is 2. The van der Waals surface area contributed by atoms with Crippen LogP contribution in [0.5, 0.6) is 0 Å². The van der Waals surface area contributed by atoms with Gasteiger partial charge in [0.15, 0.2) is 0 Å². The third-order valence-corrected chi connectivity index (χ3v) is 12.2. The van der Waals surface area contributed by atoms with Gasteiger partial charge < -0.3 is 24.3 Å². The molecule has 0 radical (unpaired) electrons. The number of hydrogen-bond acceptors (Lipinski definition) is 6. The van der Waals surface area contributed by atoms with Gasteiger partial charge in [-0.3, -0.25) is 14.5 Å². The second-order valence-electron chi connectivity index (χ2n) is 15.4. The lowest BCUT2D eigenvalue weighted by molar-refractivity contribution is -0.199. The van der Waals surface area contributed by atoms with Crippen LogP contribution in [0, 0.1) is 17.3 Å². The number of hydrogen-bond donors (Lipinski definition) is 1. The quantitative estimate of drug-likeness (QED) is 0.340. The summed E-state index contributed by atoms with van der Waals surface area (Å²) < 4.78 is 19.4. The van der Waals surface area contributed by atoms with E-state index in [1.165, 1.54) is 6.42 Å². The second kappa shape index (κ2) is 12.6. The van der Waals surface area contributed by atoms with E-state index < -0.39 is 25.4 Å². The van der Waals surface area contributed by atoms with Crippen LogP contribution in [0.25, 0.3) is 0 Å². The number of carbonyl (C=O) groups is 3. The first-order chi connectivity index (χ1) is 22.1. The third kappa shape index (κ3) is 5.89. The molecular weight excluding hydrogens is 581 g/mol. The Bertz CT molecular complexity index is 1340. The van der Waals surface area contributed by atoms with Crippen molar-refractivity contribution in [2.75, 3.05) is 6.54 Å². The molecule has 7 aliphatic rings. The Morgan fingerprint density at radius 3 is 2.48 bits per heavy atom. The van der Waals surface area contributed by atoms with Crippen molar-refractivity contribution >= 4 is 25.0 Å². The fraction of sp³-hybridized carbons (Fsp3) is 0.694. The van der Waals surface area contributed by atoms with Gasteiger partial charge in [0.25, 0.3) is 0 Å². The molecule has 1 N–H and O–H groups in total. The summed E-state index contributed by atoms with van der Waals surface area (Å²) in [6.45, 7) is 8.13. The van der Waals surface area contributed by atoms with Crippen molar-refractivity contribution in [2.24, 2.45) is 17.3 Å². The number of nitrogens with zero attached hydrogens (tertiary/aromatic N) is 2. The van der Waals surface area contributed by atoms with E-state index >= 15 is 0 Å². The molecule has 3 amide bonds. The van der Waals surface area contributed by atoms with Crippen LogP contribution in [0.1, 0.15) is 103 Å². The van der Waals surface area contributed by atoms with Gasteiger partial charge >= 0.3 is 13.2 Å². The van der Waals surface area contributed by atoms with Gasteiger partial charge in [0, 0.05) is 25.9 Å². The minimum Gasteiger partial charge on any atom is -0.444 e. The van der Waals surface area contributed by atoms with Crippen molar-refractivity contribution < 1.29 is 28.4 Å². The fourth-order valence-corrected chi connectivity index (χ4v) is 9.28. The molecule has 3 saturated carbocycles. The summed E-state index contributed by atoms with van der Waals surface area (Å²) in [6.07, 6.45) is 12.7. The Kier molecular flexibility index (Phi) is 8.72. The molecule has 0 aromatic heterocycles. The monoisotopic (exact) mass is 631 g/mol. The lowest BCUT2D eigenvalue weighted by Gasteiger charge is -2.64. The number of carbonyl (C=O) groups excluding carboxylic acids is 3. The first-order valence-corrected chi connectivity index (χ1v) is 17.7. The first-order valence-electron chi connectivity index (χ1n) is 17.7. The minimum absolute atomic E-state index is 0.0309. The maximum Gasteiger partial charge on any atom is 0.481 e. The lowest BCUT2D eigenvalue weighted by Crippen LogP contribution is -2.65. The molecule has 1 aromatic rings. The van der Waals surface area contributed by atoms with E-state index in [0.717, 1.165) is 56.1 Å². The van der Waals surface area contributed by atoms with Crippen molar-refractivity contribution in [1.82, 2.24) is 15.1 Å². The van der Waals surface area contributed by atoms with Crippen LogP contribution in [0.15, 0.2) is 36.4 Å². The highest BCUT2D eigenvalue weighted by molar-refractivity contribution is 6.47. The van der Waals surface area contributed by atoms with E-state index in [9.17, 15) is 14.4 Å². The van der Waals surface area contributed by atoms with E-state index in [-0.39, 0.29) is 47.8 Å². The Hall–Kier alpha value is -2.85. The Morgan fingerprint density at radius 1 is 0.978 bits per heavy atom. The average molecular weight is 632 g/mol. The first kappa shape index (κ1) is 31.7. The van der Waals surface area contributed by atoms with E-state index in [2.05, 4.69) is 38.2 Å². The molecule has 4 heterocycles. The van der Waals surface area contributed by atoms with Gasteiger partial charge in [0.2, 0.25) is 11.8 Å². The van der Waals surface area contributed by atoms with Gasteiger partial charge in [-0.05, 0) is 73.8 Å².